The van der Waals surface area contributed by atoms with Gasteiger partial charge < -0.3 is 44.8 Å². The van der Waals surface area contributed by atoms with Crippen molar-refractivity contribution in [3.05, 3.63) is 0 Å². The number of methoxy groups -OCH3 is 1. The molecule has 0 saturated carbocycles. The lowest BCUT2D eigenvalue weighted by Gasteiger charge is -2.46. The van der Waals surface area contributed by atoms with Gasteiger partial charge in [0.05, 0.1) is 24.9 Å². The minimum Gasteiger partial charge on any atom is -0.394 e. The average molecular weight is 465 g/mol. The quantitative estimate of drug-likeness (QED) is 0.159. The van der Waals surface area contributed by atoms with Crippen LogP contribution in [0, 0.1) is 0 Å². The summed E-state index contributed by atoms with van der Waals surface area (Å²) in [5.74, 6) is 0. The highest BCUT2D eigenvalue weighted by molar-refractivity contribution is 14.1. The molecule has 0 aromatic carbocycles. The predicted octanol–water partition coefficient (Wildman–Crippen LogP) is -3.73. The van der Waals surface area contributed by atoms with Gasteiger partial charge in [0.15, 0.2) is 6.29 Å². The van der Waals surface area contributed by atoms with Crippen molar-refractivity contribution >= 4 is 22.6 Å². The van der Waals surface area contributed by atoms with Gasteiger partial charge in [-0.2, -0.15) is 0 Å². The molecule has 0 aromatic rings. The van der Waals surface area contributed by atoms with Crippen LogP contribution in [0.25, 0.3) is 0 Å². The van der Waals surface area contributed by atoms with Gasteiger partial charge >= 0.3 is 0 Å². The third-order valence-electron chi connectivity index (χ3n) is 4.34. The zero-order valence-corrected chi connectivity index (χ0v) is 15.1. The Bertz CT molecular complexity index is 388. The topological polar surface area (TPSA) is 161 Å². The van der Waals surface area contributed by atoms with Gasteiger partial charge in [0.25, 0.3) is 0 Å². The van der Waals surface area contributed by atoms with Crippen LogP contribution in [-0.4, -0.2) is 110 Å². The number of ether oxygens (including phenoxy) is 3. The Morgan fingerprint density at radius 3 is 2.12 bits per heavy atom. The van der Waals surface area contributed by atoms with E-state index >= 15 is 0 Å². The molecule has 0 aliphatic carbocycles. The van der Waals surface area contributed by atoms with Crippen molar-refractivity contribution in [2.24, 2.45) is 0 Å². The van der Waals surface area contributed by atoms with Crippen LogP contribution in [0.2, 0.25) is 0 Å². The zero-order chi connectivity index (χ0) is 18.0. The van der Waals surface area contributed by atoms with Crippen LogP contribution in [0.5, 0.6) is 0 Å². The average Bonchev–Trinajstić information content (AvgIpc) is 2.58. The number of nitrogens with one attached hydrogen (secondary N) is 1. The second-order valence-corrected chi connectivity index (χ2v) is 6.74. The van der Waals surface area contributed by atoms with Crippen molar-refractivity contribution in [3.8, 4) is 0 Å². The Hall–Kier alpha value is 0.330. The largest absolute Gasteiger partial charge is 0.394 e. The summed E-state index contributed by atoms with van der Waals surface area (Å²) in [6, 6.07) is -0.982. The van der Waals surface area contributed by atoms with Crippen LogP contribution in [0.4, 0.5) is 0 Å². The molecule has 10 nitrogen and oxygen atoms in total. The Kier molecular flexibility index (Phi) is 7.58. The Balaban J connectivity index is 2.14. The first-order chi connectivity index (χ1) is 11.3. The van der Waals surface area contributed by atoms with E-state index in [-0.39, 0.29) is 0 Å². The maximum Gasteiger partial charge on any atom is 0.185 e. The normalized spacial score (nSPS) is 50.0. The molecular formula is C13H24INO9. The lowest BCUT2D eigenvalue weighted by molar-refractivity contribution is -0.277. The Morgan fingerprint density at radius 1 is 0.917 bits per heavy atom. The fraction of sp³-hybridized carbons (Fsp3) is 1.00. The maximum atomic E-state index is 10.4. The maximum absolute atomic E-state index is 10.4. The smallest absolute Gasteiger partial charge is 0.185 e. The third kappa shape index (κ3) is 4.01. The van der Waals surface area contributed by atoms with E-state index in [4.69, 9.17) is 14.2 Å². The van der Waals surface area contributed by atoms with Gasteiger partial charge in [0.2, 0.25) is 0 Å². The number of halogens is 1. The lowest BCUT2D eigenvalue weighted by atomic mass is 9.94. The monoisotopic (exact) mass is 465 g/mol. The van der Waals surface area contributed by atoms with Gasteiger partial charge in [-0.15, -0.1) is 0 Å². The summed E-state index contributed by atoms with van der Waals surface area (Å²) < 4.78 is 16.3. The number of aliphatic hydroxyl groups is 6. The van der Waals surface area contributed by atoms with Gasteiger partial charge in [-0.25, -0.2) is 0 Å². The van der Waals surface area contributed by atoms with E-state index in [0.29, 0.717) is 4.43 Å². The van der Waals surface area contributed by atoms with E-state index in [9.17, 15) is 30.6 Å². The molecule has 0 amide bonds. The molecule has 24 heavy (non-hydrogen) atoms. The fourth-order valence-corrected chi connectivity index (χ4v) is 3.61. The molecule has 2 fully saturated rings. The first-order valence-electron chi connectivity index (χ1n) is 7.52. The molecule has 0 radical (unpaired) electrons. The molecule has 10 atom stereocenters. The summed E-state index contributed by atoms with van der Waals surface area (Å²) in [4.78, 5) is 0. The Morgan fingerprint density at radius 2 is 1.58 bits per heavy atom. The molecule has 0 bridgehead atoms. The van der Waals surface area contributed by atoms with Crippen LogP contribution >= 0.6 is 22.6 Å². The minimum absolute atomic E-state index is 0.429. The summed E-state index contributed by atoms with van der Waals surface area (Å²) in [5.41, 5.74) is 0. The SMILES string of the molecule is CO[C@H]1O[C@H](CI)C(O)[C@H](N[C@H]2O[C@H](CO)[C@@H](O)[C@H](O)[C@@H]2O)[C@@H]1O. The fourth-order valence-electron chi connectivity index (χ4n) is 2.88. The second kappa shape index (κ2) is 8.81. The number of aliphatic hydroxyl groups excluding tert-OH is 6. The first kappa shape index (κ1) is 20.6. The van der Waals surface area contributed by atoms with E-state index in [1.165, 1.54) is 7.11 Å². The molecule has 7 N–H and O–H groups in total. The zero-order valence-electron chi connectivity index (χ0n) is 13.0. The molecule has 2 aliphatic heterocycles. The first-order valence-corrected chi connectivity index (χ1v) is 9.05. The van der Waals surface area contributed by atoms with Gasteiger partial charge in [-0.3, -0.25) is 5.32 Å². The highest BCUT2D eigenvalue weighted by Gasteiger charge is 2.49. The van der Waals surface area contributed by atoms with Crippen LogP contribution < -0.4 is 5.32 Å². The van der Waals surface area contributed by atoms with E-state index in [2.05, 4.69) is 5.32 Å². The van der Waals surface area contributed by atoms with E-state index < -0.39 is 67.9 Å². The minimum atomic E-state index is -1.55. The number of hydrogen-bond donors (Lipinski definition) is 7. The van der Waals surface area contributed by atoms with Crippen molar-refractivity contribution in [2.75, 3.05) is 18.1 Å². The molecule has 2 aliphatic rings. The van der Waals surface area contributed by atoms with Crippen molar-refractivity contribution in [3.63, 3.8) is 0 Å². The van der Waals surface area contributed by atoms with Gasteiger partial charge in [0.1, 0.15) is 36.7 Å². The highest BCUT2D eigenvalue weighted by atomic mass is 127. The summed E-state index contributed by atoms with van der Waals surface area (Å²) in [7, 11) is 1.35. The molecule has 2 rings (SSSR count). The molecule has 11 heteroatoms. The molecule has 1 unspecified atom stereocenters. The van der Waals surface area contributed by atoms with Crippen molar-refractivity contribution in [2.45, 2.75) is 61.3 Å². The second-order valence-electron chi connectivity index (χ2n) is 5.86. The van der Waals surface area contributed by atoms with Crippen LogP contribution in [0.1, 0.15) is 0 Å². The third-order valence-corrected chi connectivity index (χ3v) is 5.21. The van der Waals surface area contributed by atoms with E-state index in [1.54, 1.807) is 0 Å². The van der Waals surface area contributed by atoms with Gasteiger partial charge in [-0.05, 0) is 0 Å². The van der Waals surface area contributed by atoms with Crippen molar-refractivity contribution < 1.29 is 44.8 Å². The van der Waals surface area contributed by atoms with Crippen LogP contribution in [-0.2, 0) is 14.2 Å². The summed E-state index contributed by atoms with van der Waals surface area (Å²) in [5, 5.41) is 62.3. The van der Waals surface area contributed by atoms with Crippen molar-refractivity contribution in [1.29, 1.82) is 0 Å². The summed E-state index contributed by atoms with van der Waals surface area (Å²) in [6.07, 6.45) is -10.9. The molecule has 0 spiro atoms. The lowest BCUT2D eigenvalue weighted by Crippen LogP contribution is -2.70. The van der Waals surface area contributed by atoms with Crippen LogP contribution in [0.3, 0.4) is 0 Å². The van der Waals surface area contributed by atoms with E-state index in [0.717, 1.165) is 0 Å². The molecule has 142 valence electrons. The molecule has 2 heterocycles. The number of rotatable bonds is 5. The molecule has 2 saturated heterocycles. The standard InChI is InChI=1S/C13H24INO9/c1-22-13-9(19)6(7(17)4(2-14)24-13)15-12-11(21)10(20)8(18)5(3-16)23-12/h4-13,15-21H,2-3H2,1H3/t4-,5-,6+,7?,8-,9+,10+,11+,12+,13+/m1/s1. The molecule has 0 aromatic heterocycles. The van der Waals surface area contributed by atoms with Crippen LogP contribution in [0.15, 0.2) is 0 Å². The summed E-state index contributed by atoms with van der Waals surface area (Å²) in [6.45, 7) is -0.570. The van der Waals surface area contributed by atoms with Gasteiger partial charge in [0, 0.05) is 11.5 Å². The Labute approximate surface area is 152 Å². The molecular weight excluding hydrogens is 441 g/mol. The predicted molar refractivity (Wildman–Crippen MR) is 87.3 cm³/mol. The number of alkyl halides is 1. The van der Waals surface area contributed by atoms with E-state index in [1.807, 2.05) is 22.6 Å². The number of hydrogen-bond acceptors (Lipinski definition) is 10. The van der Waals surface area contributed by atoms with Crippen molar-refractivity contribution in [1.82, 2.24) is 5.32 Å². The highest BCUT2D eigenvalue weighted by Crippen LogP contribution is 2.26. The summed E-state index contributed by atoms with van der Waals surface area (Å²) >= 11 is 2.02. The van der Waals surface area contributed by atoms with Gasteiger partial charge in [-0.1, -0.05) is 22.6 Å².